The van der Waals surface area contributed by atoms with E-state index in [4.69, 9.17) is 0 Å². The third-order valence-corrected chi connectivity index (χ3v) is 4.81. The van der Waals surface area contributed by atoms with E-state index in [1.165, 1.54) is 58.2 Å². The minimum atomic E-state index is 0.546. The second-order valence-corrected chi connectivity index (χ2v) is 7.95. The number of nitrogens with one attached hydrogen (secondary N) is 1. The second kappa shape index (κ2) is 6.58. The van der Waals surface area contributed by atoms with Crippen LogP contribution in [0.4, 0.5) is 0 Å². The fourth-order valence-corrected chi connectivity index (χ4v) is 4.04. The van der Waals surface area contributed by atoms with Gasteiger partial charge >= 0.3 is 0 Å². The van der Waals surface area contributed by atoms with Crippen molar-refractivity contribution in [1.29, 1.82) is 0 Å². The monoisotopic (exact) mass is 266 g/mol. The lowest BCUT2D eigenvalue weighted by Gasteiger charge is -2.43. The maximum absolute atomic E-state index is 3.82. The average molecular weight is 266 g/mol. The van der Waals surface area contributed by atoms with Crippen molar-refractivity contribution < 1.29 is 0 Å². The molecule has 0 saturated heterocycles. The lowest BCUT2D eigenvalue weighted by Crippen LogP contribution is -2.46. The Balaban J connectivity index is 1.91. The lowest BCUT2D eigenvalue weighted by molar-refractivity contribution is 0.0866. The topological polar surface area (TPSA) is 15.3 Å². The Labute approximate surface area is 120 Å². The molecular weight excluding hydrogens is 232 g/mol. The van der Waals surface area contributed by atoms with Crippen molar-refractivity contribution in [2.24, 2.45) is 17.3 Å². The first-order chi connectivity index (χ1) is 8.99. The van der Waals surface area contributed by atoms with Crippen molar-refractivity contribution in [3.63, 3.8) is 0 Å². The van der Waals surface area contributed by atoms with Crippen LogP contribution in [0, 0.1) is 17.3 Å². The molecule has 2 rings (SSSR count). The first-order valence-corrected chi connectivity index (χ1v) is 8.41. The molecule has 0 radical (unpaired) electrons. The van der Waals surface area contributed by atoms with Crippen LogP contribution in [0.3, 0.4) is 0 Å². The molecule has 0 spiro atoms. The molecule has 19 heavy (non-hydrogen) atoms. The van der Waals surface area contributed by atoms with Crippen LogP contribution in [0.2, 0.25) is 0 Å². The van der Waals surface area contributed by atoms with E-state index in [9.17, 15) is 0 Å². The Bertz CT molecular complexity index is 272. The summed E-state index contributed by atoms with van der Waals surface area (Å²) in [6, 6.07) is 0.851. The molecule has 0 amide bonds. The van der Waals surface area contributed by atoms with Crippen LogP contribution in [-0.2, 0) is 0 Å². The molecule has 0 aromatic carbocycles. The maximum atomic E-state index is 3.82. The van der Waals surface area contributed by atoms with Gasteiger partial charge in [0, 0.05) is 25.7 Å². The Kier molecular flexibility index (Phi) is 5.30. The van der Waals surface area contributed by atoms with Crippen molar-refractivity contribution in [2.45, 2.75) is 65.3 Å². The minimum absolute atomic E-state index is 0.546. The zero-order valence-corrected chi connectivity index (χ0v) is 13.5. The van der Waals surface area contributed by atoms with E-state index in [2.05, 4.69) is 38.0 Å². The molecule has 2 fully saturated rings. The van der Waals surface area contributed by atoms with Gasteiger partial charge in [0.05, 0.1) is 0 Å². The molecule has 1 N–H and O–H groups in total. The number of hydrogen-bond donors (Lipinski definition) is 1. The van der Waals surface area contributed by atoms with E-state index in [0.29, 0.717) is 5.41 Å². The smallest absolute Gasteiger partial charge is 0.00684 e. The Morgan fingerprint density at radius 3 is 2.58 bits per heavy atom. The molecule has 2 unspecified atom stereocenters. The largest absolute Gasteiger partial charge is 0.313 e. The normalized spacial score (nSPS) is 32.2. The molecule has 0 heterocycles. The average Bonchev–Trinajstić information content (AvgIpc) is 3.08. The highest BCUT2D eigenvalue weighted by molar-refractivity contribution is 4.92. The van der Waals surface area contributed by atoms with Crippen molar-refractivity contribution in [1.82, 2.24) is 10.2 Å². The number of nitrogens with zero attached hydrogens (tertiary/aromatic N) is 1. The summed E-state index contributed by atoms with van der Waals surface area (Å²) in [5.41, 5.74) is 0.546. The first kappa shape index (κ1) is 15.3. The molecule has 2 aliphatic rings. The quantitative estimate of drug-likeness (QED) is 0.758. The summed E-state index contributed by atoms with van der Waals surface area (Å²) in [5.74, 6) is 1.70. The zero-order valence-electron chi connectivity index (χ0n) is 13.5. The van der Waals surface area contributed by atoms with E-state index < -0.39 is 0 Å². The van der Waals surface area contributed by atoms with E-state index >= 15 is 0 Å². The van der Waals surface area contributed by atoms with Crippen LogP contribution in [0.1, 0.15) is 59.3 Å². The molecule has 2 saturated carbocycles. The van der Waals surface area contributed by atoms with E-state index in [1.807, 2.05) is 0 Å². The highest BCUT2D eigenvalue weighted by Gasteiger charge is 2.37. The molecule has 0 aromatic rings. The summed E-state index contributed by atoms with van der Waals surface area (Å²) >= 11 is 0. The fourth-order valence-electron chi connectivity index (χ4n) is 4.04. The molecule has 2 nitrogen and oxygen atoms in total. The van der Waals surface area contributed by atoms with Gasteiger partial charge in [0.15, 0.2) is 0 Å². The highest BCUT2D eigenvalue weighted by atomic mass is 15.1. The van der Waals surface area contributed by atoms with Gasteiger partial charge in [-0.2, -0.15) is 0 Å². The van der Waals surface area contributed by atoms with Gasteiger partial charge in [-0.25, -0.2) is 0 Å². The Hall–Kier alpha value is -0.0800. The van der Waals surface area contributed by atoms with Gasteiger partial charge in [-0.1, -0.05) is 33.6 Å². The van der Waals surface area contributed by atoms with Crippen LogP contribution in [-0.4, -0.2) is 37.6 Å². The molecule has 2 heteroatoms. The summed E-state index contributed by atoms with van der Waals surface area (Å²) in [6.07, 6.45) is 8.55. The summed E-state index contributed by atoms with van der Waals surface area (Å²) in [6.45, 7) is 10.9. The second-order valence-electron chi connectivity index (χ2n) is 7.95. The predicted octanol–water partition coefficient (Wildman–Crippen LogP) is 3.52. The van der Waals surface area contributed by atoms with Crippen LogP contribution in [0.5, 0.6) is 0 Å². The van der Waals surface area contributed by atoms with E-state index in [1.54, 1.807) is 0 Å². The van der Waals surface area contributed by atoms with Gasteiger partial charge in [0.1, 0.15) is 0 Å². The van der Waals surface area contributed by atoms with Crippen molar-refractivity contribution in [2.75, 3.05) is 26.7 Å². The van der Waals surface area contributed by atoms with E-state index in [-0.39, 0.29) is 0 Å². The Morgan fingerprint density at radius 1 is 1.26 bits per heavy atom. The molecular formula is C17H34N2. The van der Waals surface area contributed by atoms with Gasteiger partial charge < -0.3 is 10.2 Å². The molecule has 0 aromatic heterocycles. The van der Waals surface area contributed by atoms with Gasteiger partial charge in [0.2, 0.25) is 0 Å². The van der Waals surface area contributed by atoms with Crippen LogP contribution < -0.4 is 5.32 Å². The molecule has 112 valence electrons. The summed E-state index contributed by atoms with van der Waals surface area (Å²) in [5, 5.41) is 3.82. The van der Waals surface area contributed by atoms with Crippen LogP contribution in [0.15, 0.2) is 0 Å². The SMILES string of the molecule is CC(C)CN(C)CC1(CNC2CC2)CCCC(C)C1. The van der Waals surface area contributed by atoms with Crippen molar-refractivity contribution in [3.8, 4) is 0 Å². The van der Waals surface area contributed by atoms with Gasteiger partial charge in [-0.05, 0) is 50.0 Å². The van der Waals surface area contributed by atoms with Crippen LogP contribution >= 0.6 is 0 Å². The predicted molar refractivity (Wildman–Crippen MR) is 83.4 cm³/mol. The van der Waals surface area contributed by atoms with Gasteiger partial charge in [-0.3, -0.25) is 0 Å². The zero-order chi connectivity index (χ0) is 13.9. The van der Waals surface area contributed by atoms with Crippen LogP contribution in [0.25, 0.3) is 0 Å². The molecule has 2 aliphatic carbocycles. The van der Waals surface area contributed by atoms with Crippen molar-refractivity contribution >= 4 is 0 Å². The highest BCUT2D eigenvalue weighted by Crippen LogP contribution is 2.40. The minimum Gasteiger partial charge on any atom is -0.313 e. The van der Waals surface area contributed by atoms with Gasteiger partial charge in [0.25, 0.3) is 0 Å². The summed E-state index contributed by atoms with van der Waals surface area (Å²) < 4.78 is 0. The molecule has 0 aliphatic heterocycles. The maximum Gasteiger partial charge on any atom is 0.00684 e. The fraction of sp³-hybridized carbons (Fsp3) is 1.00. The Morgan fingerprint density at radius 2 is 2.00 bits per heavy atom. The van der Waals surface area contributed by atoms with E-state index in [0.717, 1.165) is 17.9 Å². The first-order valence-electron chi connectivity index (χ1n) is 8.41. The number of rotatable bonds is 7. The third-order valence-electron chi connectivity index (χ3n) is 4.81. The third kappa shape index (κ3) is 5.07. The molecule has 2 atom stereocenters. The molecule has 0 bridgehead atoms. The summed E-state index contributed by atoms with van der Waals surface area (Å²) in [7, 11) is 2.32. The lowest BCUT2D eigenvalue weighted by atomic mass is 9.69. The summed E-state index contributed by atoms with van der Waals surface area (Å²) in [4.78, 5) is 2.58. The number of hydrogen-bond acceptors (Lipinski definition) is 2. The van der Waals surface area contributed by atoms with Gasteiger partial charge in [-0.15, -0.1) is 0 Å². The van der Waals surface area contributed by atoms with Crippen molar-refractivity contribution in [3.05, 3.63) is 0 Å². The standard InChI is InChI=1S/C17H34N2/c1-14(2)11-19(4)13-17(12-18-16-7-8-16)9-5-6-15(3)10-17/h14-16,18H,5-13H2,1-4H3.